The summed E-state index contributed by atoms with van der Waals surface area (Å²) in [4.78, 5) is 18.0. The fourth-order valence-electron chi connectivity index (χ4n) is 2.82. The van der Waals surface area contributed by atoms with Crippen LogP contribution in [0.4, 0.5) is 0 Å². The maximum absolute atomic E-state index is 12.3. The molecular weight excluding hydrogens is 422 g/mol. The van der Waals surface area contributed by atoms with Crippen molar-refractivity contribution in [3.05, 3.63) is 60.3 Å². The predicted octanol–water partition coefficient (Wildman–Crippen LogP) is 3.22. The first-order valence-electron chi connectivity index (χ1n) is 8.86. The van der Waals surface area contributed by atoms with E-state index in [1.165, 1.54) is 15.8 Å². The van der Waals surface area contributed by atoms with Gasteiger partial charge >= 0.3 is 10.0 Å². The molecule has 4 rings (SSSR count). The van der Waals surface area contributed by atoms with Crippen LogP contribution in [0.3, 0.4) is 0 Å². The standard InChI is InChI=1S/C20H17N5O3S2/c1-24(2)13-21-30(27,28)20-23-25-17(12-26)18(22-19(25)29-20)16-10-8-15(9-11-16)14-6-4-3-5-7-14/h3-13H,1-2H3/b21-13+. The lowest BCUT2D eigenvalue weighted by atomic mass is 10.0. The van der Waals surface area contributed by atoms with Crippen LogP contribution in [0, 0.1) is 0 Å². The molecule has 0 aliphatic carbocycles. The molecule has 10 heteroatoms. The van der Waals surface area contributed by atoms with Crippen molar-refractivity contribution < 1.29 is 13.2 Å². The van der Waals surface area contributed by atoms with Gasteiger partial charge in [0, 0.05) is 19.7 Å². The van der Waals surface area contributed by atoms with Crippen molar-refractivity contribution in [2.75, 3.05) is 14.1 Å². The molecule has 8 nitrogen and oxygen atoms in total. The van der Waals surface area contributed by atoms with Crippen LogP contribution < -0.4 is 0 Å². The van der Waals surface area contributed by atoms with Gasteiger partial charge in [0.2, 0.25) is 4.96 Å². The molecule has 2 aromatic carbocycles. The van der Waals surface area contributed by atoms with Gasteiger partial charge in [0.05, 0.1) is 0 Å². The smallest absolute Gasteiger partial charge is 0.312 e. The van der Waals surface area contributed by atoms with E-state index in [2.05, 4.69) is 14.5 Å². The number of carbonyl (C=O) groups excluding carboxylic acids is 1. The number of carbonyl (C=O) groups is 1. The monoisotopic (exact) mass is 439 g/mol. The minimum Gasteiger partial charge on any atom is -0.368 e. The van der Waals surface area contributed by atoms with E-state index in [-0.39, 0.29) is 10.0 Å². The third kappa shape index (κ3) is 3.74. The van der Waals surface area contributed by atoms with Crippen molar-refractivity contribution in [2.45, 2.75) is 4.34 Å². The topological polar surface area (TPSA) is 97.0 Å². The molecule has 0 radical (unpaired) electrons. The Balaban J connectivity index is 1.73. The minimum absolute atomic E-state index is 0.187. The van der Waals surface area contributed by atoms with Gasteiger partial charge < -0.3 is 4.90 Å². The molecule has 0 aliphatic heterocycles. The van der Waals surface area contributed by atoms with Gasteiger partial charge in [-0.3, -0.25) is 4.79 Å². The summed E-state index contributed by atoms with van der Waals surface area (Å²) in [7, 11) is -0.647. The second-order valence-electron chi connectivity index (χ2n) is 6.63. The quantitative estimate of drug-likeness (QED) is 0.260. The van der Waals surface area contributed by atoms with E-state index in [1.807, 2.05) is 54.6 Å². The third-order valence-corrected chi connectivity index (χ3v) is 6.71. The normalized spacial score (nSPS) is 11.9. The Morgan fingerprint density at radius 2 is 1.63 bits per heavy atom. The molecule has 2 aromatic heterocycles. The first kappa shape index (κ1) is 19.9. The van der Waals surface area contributed by atoms with Crippen LogP contribution in [-0.2, 0) is 10.0 Å². The SMILES string of the molecule is CN(C)/C=N/S(=O)(=O)c1nn2c(C=O)c(-c3ccc(-c4ccccc4)cc3)nc2s1. The number of imidazole rings is 1. The summed E-state index contributed by atoms with van der Waals surface area (Å²) in [5, 5.41) is 4.07. The molecule has 0 bridgehead atoms. The average Bonchev–Trinajstić information content (AvgIpc) is 3.32. The van der Waals surface area contributed by atoms with Gasteiger partial charge in [-0.1, -0.05) is 65.9 Å². The molecule has 0 atom stereocenters. The van der Waals surface area contributed by atoms with Crippen LogP contribution in [0.15, 0.2) is 63.3 Å². The van der Waals surface area contributed by atoms with Crippen LogP contribution in [0.2, 0.25) is 0 Å². The molecule has 2 heterocycles. The molecule has 0 unspecified atom stereocenters. The second kappa shape index (κ2) is 7.81. The molecule has 152 valence electrons. The van der Waals surface area contributed by atoms with E-state index in [9.17, 15) is 13.2 Å². The van der Waals surface area contributed by atoms with Crippen LogP contribution in [0.25, 0.3) is 27.3 Å². The number of aldehydes is 1. The zero-order valence-corrected chi connectivity index (χ0v) is 17.8. The van der Waals surface area contributed by atoms with Crippen LogP contribution in [-0.4, -0.2) is 54.6 Å². The summed E-state index contributed by atoms with van der Waals surface area (Å²) in [5.74, 6) is 0. The van der Waals surface area contributed by atoms with Crippen molar-refractivity contribution >= 4 is 38.9 Å². The fourth-order valence-corrected chi connectivity index (χ4v) is 4.82. The molecule has 0 spiro atoms. The van der Waals surface area contributed by atoms with E-state index < -0.39 is 10.0 Å². The number of aromatic nitrogens is 3. The van der Waals surface area contributed by atoms with Gasteiger partial charge in [-0.05, 0) is 11.1 Å². The Bertz CT molecular complexity index is 1340. The maximum atomic E-state index is 12.3. The number of sulfonamides is 1. The summed E-state index contributed by atoms with van der Waals surface area (Å²) in [5.41, 5.74) is 3.50. The van der Waals surface area contributed by atoms with E-state index in [0.29, 0.717) is 16.9 Å². The zero-order valence-electron chi connectivity index (χ0n) is 16.1. The van der Waals surface area contributed by atoms with Crippen LogP contribution >= 0.6 is 11.3 Å². The van der Waals surface area contributed by atoms with Gasteiger partial charge in [-0.2, -0.15) is 12.9 Å². The highest BCUT2D eigenvalue weighted by molar-refractivity contribution is 7.92. The summed E-state index contributed by atoms with van der Waals surface area (Å²) < 4.78 is 29.2. The van der Waals surface area contributed by atoms with Gasteiger partial charge in [-0.15, -0.1) is 9.50 Å². The molecule has 0 fully saturated rings. The van der Waals surface area contributed by atoms with E-state index in [0.717, 1.165) is 28.0 Å². The summed E-state index contributed by atoms with van der Waals surface area (Å²) >= 11 is 0.863. The van der Waals surface area contributed by atoms with E-state index in [4.69, 9.17) is 0 Å². The average molecular weight is 440 g/mol. The number of fused-ring (bicyclic) bond motifs is 1. The Kier molecular flexibility index (Phi) is 5.18. The Hall–Kier alpha value is -3.37. The summed E-state index contributed by atoms with van der Waals surface area (Å²) in [6.45, 7) is 0. The summed E-state index contributed by atoms with van der Waals surface area (Å²) in [6, 6.07) is 17.6. The van der Waals surface area contributed by atoms with Crippen molar-refractivity contribution in [2.24, 2.45) is 4.40 Å². The Morgan fingerprint density at radius 1 is 1.00 bits per heavy atom. The lowest BCUT2D eigenvalue weighted by Crippen LogP contribution is -2.10. The fraction of sp³-hybridized carbons (Fsp3) is 0.100. The zero-order chi connectivity index (χ0) is 21.3. The lowest BCUT2D eigenvalue weighted by molar-refractivity contribution is 0.111. The molecule has 30 heavy (non-hydrogen) atoms. The van der Waals surface area contributed by atoms with Gasteiger partial charge in [-0.25, -0.2) is 4.98 Å². The highest BCUT2D eigenvalue weighted by Crippen LogP contribution is 2.30. The Morgan fingerprint density at radius 3 is 2.27 bits per heavy atom. The number of rotatable bonds is 6. The predicted molar refractivity (Wildman–Crippen MR) is 116 cm³/mol. The number of hydrogen-bond donors (Lipinski definition) is 0. The molecule has 0 saturated carbocycles. The van der Waals surface area contributed by atoms with Crippen LogP contribution in [0.5, 0.6) is 0 Å². The first-order chi connectivity index (χ1) is 14.4. The largest absolute Gasteiger partial charge is 0.368 e. The highest BCUT2D eigenvalue weighted by atomic mass is 32.2. The number of hydrogen-bond acceptors (Lipinski definition) is 6. The van der Waals surface area contributed by atoms with E-state index >= 15 is 0 Å². The minimum atomic E-state index is -3.97. The molecule has 0 aliphatic rings. The molecule has 0 N–H and O–H groups in total. The number of nitrogens with zero attached hydrogens (tertiary/aromatic N) is 5. The first-order valence-corrected chi connectivity index (χ1v) is 11.1. The highest BCUT2D eigenvalue weighted by Gasteiger charge is 2.23. The van der Waals surface area contributed by atoms with Crippen molar-refractivity contribution in [1.82, 2.24) is 19.5 Å². The second-order valence-corrected chi connectivity index (χ2v) is 9.39. The third-order valence-electron chi connectivity index (χ3n) is 4.23. The molecule has 0 saturated heterocycles. The van der Waals surface area contributed by atoms with Crippen molar-refractivity contribution in [1.29, 1.82) is 0 Å². The van der Waals surface area contributed by atoms with Crippen LogP contribution in [0.1, 0.15) is 10.5 Å². The molecule has 0 amide bonds. The van der Waals surface area contributed by atoms with Crippen molar-refractivity contribution in [3.63, 3.8) is 0 Å². The van der Waals surface area contributed by atoms with Gasteiger partial charge in [0.25, 0.3) is 4.34 Å². The summed E-state index contributed by atoms with van der Waals surface area (Å²) in [6.07, 6.45) is 1.81. The van der Waals surface area contributed by atoms with Crippen molar-refractivity contribution in [3.8, 4) is 22.4 Å². The van der Waals surface area contributed by atoms with E-state index in [1.54, 1.807) is 14.1 Å². The lowest BCUT2D eigenvalue weighted by Gasteiger charge is -2.03. The van der Waals surface area contributed by atoms with Gasteiger partial charge in [0.15, 0.2) is 6.29 Å². The Labute approximate surface area is 177 Å². The maximum Gasteiger partial charge on any atom is 0.312 e. The number of benzene rings is 2. The molecular formula is C20H17N5O3S2. The van der Waals surface area contributed by atoms with Gasteiger partial charge in [0.1, 0.15) is 17.7 Å². The molecule has 4 aromatic rings.